The van der Waals surface area contributed by atoms with Gasteiger partial charge in [0.25, 0.3) is 0 Å². The quantitative estimate of drug-likeness (QED) is 0.374. The minimum Gasteiger partial charge on any atom is -0.357 e. The van der Waals surface area contributed by atoms with Crippen LogP contribution in [0.15, 0.2) is 23.5 Å². The molecule has 2 heterocycles. The number of halogens is 5. The SMILES string of the molecule is CCNC(=NCc1cn(C)nc1C(F)(F)F)N(C)Cc1cc(Cl)cn1C.I. The number of alkyl halides is 3. The fraction of sp³-hybridized carbons (Fsp3) is 0.500. The molecule has 0 aromatic carbocycles. The van der Waals surface area contributed by atoms with Crippen LogP contribution in [0, 0.1) is 0 Å². The van der Waals surface area contributed by atoms with Gasteiger partial charge in [0.1, 0.15) is 0 Å². The van der Waals surface area contributed by atoms with Crippen LogP contribution in [0.25, 0.3) is 0 Å². The molecular weight excluding hydrogens is 496 g/mol. The zero-order valence-electron chi connectivity index (χ0n) is 15.5. The van der Waals surface area contributed by atoms with Crippen molar-refractivity contribution < 1.29 is 13.2 Å². The van der Waals surface area contributed by atoms with Crippen LogP contribution in [0.1, 0.15) is 23.9 Å². The summed E-state index contributed by atoms with van der Waals surface area (Å²) < 4.78 is 42.2. The van der Waals surface area contributed by atoms with Gasteiger partial charge in [-0.25, -0.2) is 4.99 Å². The van der Waals surface area contributed by atoms with Crippen molar-refractivity contribution in [1.82, 2.24) is 24.6 Å². The highest BCUT2D eigenvalue weighted by Gasteiger charge is 2.36. The lowest BCUT2D eigenvalue weighted by Gasteiger charge is -2.22. The molecule has 1 N–H and O–H groups in total. The van der Waals surface area contributed by atoms with E-state index in [0.717, 1.165) is 10.4 Å². The van der Waals surface area contributed by atoms with E-state index in [4.69, 9.17) is 11.6 Å². The molecule has 27 heavy (non-hydrogen) atoms. The second-order valence-electron chi connectivity index (χ2n) is 5.96. The molecule has 2 aromatic heterocycles. The van der Waals surface area contributed by atoms with Crippen LogP contribution in [0.2, 0.25) is 5.02 Å². The molecule has 2 aromatic rings. The summed E-state index contributed by atoms with van der Waals surface area (Å²) in [6.45, 7) is 2.88. The predicted molar refractivity (Wildman–Crippen MR) is 110 cm³/mol. The maximum atomic E-state index is 13.1. The summed E-state index contributed by atoms with van der Waals surface area (Å²) in [5.41, 5.74) is 0.0858. The third-order valence-corrected chi connectivity index (χ3v) is 3.95. The highest BCUT2D eigenvalue weighted by Crippen LogP contribution is 2.30. The van der Waals surface area contributed by atoms with E-state index in [1.54, 1.807) is 6.20 Å². The number of aliphatic imine (C=N–C) groups is 1. The number of nitrogens with one attached hydrogen (secondary N) is 1. The molecule has 0 radical (unpaired) electrons. The summed E-state index contributed by atoms with van der Waals surface area (Å²) in [6.07, 6.45) is -1.37. The Hall–Kier alpha value is -1.43. The van der Waals surface area contributed by atoms with Crippen molar-refractivity contribution in [2.75, 3.05) is 13.6 Å². The largest absolute Gasteiger partial charge is 0.435 e. The molecule has 11 heteroatoms. The number of guanidine groups is 1. The molecule has 0 unspecified atom stereocenters. The van der Waals surface area contributed by atoms with Crippen molar-refractivity contribution in [3.63, 3.8) is 0 Å². The summed E-state index contributed by atoms with van der Waals surface area (Å²) in [4.78, 5) is 6.17. The highest BCUT2D eigenvalue weighted by atomic mass is 127. The number of hydrogen-bond donors (Lipinski definition) is 1. The molecule has 0 aliphatic rings. The van der Waals surface area contributed by atoms with E-state index in [2.05, 4.69) is 15.4 Å². The van der Waals surface area contributed by atoms with Crippen molar-refractivity contribution in [2.45, 2.75) is 26.2 Å². The average molecular weight is 519 g/mol. The Morgan fingerprint density at radius 2 is 2.00 bits per heavy atom. The number of rotatable bonds is 5. The number of nitrogens with zero attached hydrogens (tertiary/aromatic N) is 5. The van der Waals surface area contributed by atoms with Crippen LogP contribution in [0.5, 0.6) is 0 Å². The number of hydrogen-bond acceptors (Lipinski definition) is 2. The van der Waals surface area contributed by atoms with Crippen LogP contribution in [0.3, 0.4) is 0 Å². The second kappa shape index (κ2) is 9.67. The van der Waals surface area contributed by atoms with Crippen molar-refractivity contribution in [2.24, 2.45) is 19.1 Å². The first-order valence-corrected chi connectivity index (χ1v) is 8.39. The molecule has 0 amide bonds. The Balaban J connectivity index is 0.00000364. The molecule has 0 bridgehead atoms. The third kappa shape index (κ3) is 6.30. The van der Waals surface area contributed by atoms with Crippen LogP contribution >= 0.6 is 35.6 Å². The van der Waals surface area contributed by atoms with Gasteiger partial charge in [0.2, 0.25) is 0 Å². The summed E-state index contributed by atoms with van der Waals surface area (Å²) in [7, 11) is 5.15. The van der Waals surface area contributed by atoms with Gasteiger partial charge in [0, 0.05) is 51.3 Å². The van der Waals surface area contributed by atoms with Crippen molar-refractivity contribution >= 4 is 41.5 Å². The van der Waals surface area contributed by atoms with Crippen LogP contribution in [-0.4, -0.2) is 38.8 Å². The summed E-state index contributed by atoms with van der Waals surface area (Å²) in [5.74, 6) is 0.502. The van der Waals surface area contributed by atoms with Gasteiger partial charge in [-0.3, -0.25) is 4.68 Å². The van der Waals surface area contributed by atoms with Gasteiger partial charge in [0.15, 0.2) is 11.7 Å². The van der Waals surface area contributed by atoms with Gasteiger partial charge in [0.05, 0.1) is 18.1 Å². The maximum Gasteiger partial charge on any atom is 0.435 e. The van der Waals surface area contributed by atoms with Gasteiger partial charge in [-0.15, -0.1) is 24.0 Å². The van der Waals surface area contributed by atoms with E-state index >= 15 is 0 Å². The fourth-order valence-corrected chi connectivity index (χ4v) is 2.84. The Morgan fingerprint density at radius 3 is 2.52 bits per heavy atom. The van der Waals surface area contributed by atoms with E-state index in [0.29, 0.717) is 24.1 Å². The first-order valence-electron chi connectivity index (χ1n) is 8.01. The van der Waals surface area contributed by atoms with Gasteiger partial charge in [-0.1, -0.05) is 11.6 Å². The topological polar surface area (TPSA) is 50.4 Å². The number of aromatic nitrogens is 3. The Kier molecular flexibility index (Phi) is 8.46. The molecule has 6 nitrogen and oxygen atoms in total. The molecule has 2 rings (SSSR count). The molecule has 0 atom stereocenters. The molecule has 0 saturated heterocycles. The normalized spacial score (nSPS) is 12.1. The van der Waals surface area contributed by atoms with E-state index in [-0.39, 0.29) is 36.1 Å². The smallest absolute Gasteiger partial charge is 0.357 e. The Bertz CT molecular complexity index is 784. The first-order chi connectivity index (χ1) is 12.1. The summed E-state index contributed by atoms with van der Waals surface area (Å²) >= 11 is 5.99. The summed E-state index contributed by atoms with van der Waals surface area (Å²) in [5, 5.41) is 7.22. The third-order valence-electron chi connectivity index (χ3n) is 3.74. The first kappa shape index (κ1) is 23.6. The zero-order valence-corrected chi connectivity index (χ0v) is 18.6. The van der Waals surface area contributed by atoms with Crippen LogP contribution < -0.4 is 5.32 Å². The minimum atomic E-state index is -4.50. The van der Waals surface area contributed by atoms with Gasteiger partial charge in [-0.05, 0) is 13.0 Å². The molecule has 0 fully saturated rings. The Morgan fingerprint density at radius 1 is 1.33 bits per heavy atom. The van der Waals surface area contributed by atoms with E-state index in [1.165, 1.54) is 13.2 Å². The Labute approximate surface area is 178 Å². The monoisotopic (exact) mass is 518 g/mol. The average Bonchev–Trinajstić information content (AvgIpc) is 3.05. The van der Waals surface area contributed by atoms with E-state index in [9.17, 15) is 13.2 Å². The predicted octanol–water partition coefficient (Wildman–Crippen LogP) is 3.65. The van der Waals surface area contributed by atoms with Crippen LogP contribution in [-0.2, 0) is 33.4 Å². The van der Waals surface area contributed by atoms with Gasteiger partial charge >= 0.3 is 6.18 Å². The molecule has 0 aliphatic heterocycles. The van der Waals surface area contributed by atoms with Gasteiger partial charge < -0.3 is 14.8 Å². The molecule has 0 saturated carbocycles. The molecule has 0 spiro atoms. The number of aryl methyl sites for hydroxylation is 2. The second-order valence-corrected chi connectivity index (χ2v) is 6.40. The molecule has 0 aliphatic carbocycles. The fourth-order valence-electron chi connectivity index (χ4n) is 2.56. The molecular formula is C16H23ClF3IN6. The van der Waals surface area contributed by atoms with E-state index < -0.39 is 11.9 Å². The van der Waals surface area contributed by atoms with Crippen molar-refractivity contribution in [1.29, 1.82) is 0 Å². The van der Waals surface area contributed by atoms with Crippen LogP contribution in [0.4, 0.5) is 13.2 Å². The lowest BCUT2D eigenvalue weighted by Crippen LogP contribution is -2.38. The minimum absolute atomic E-state index is 0. The highest BCUT2D eigenvalue weighted by molar-refractivity contribution is 14.0. The van der Waals surface area contributed by atoms with Crippen molar-refractivity contribution in [3.8, 4) is 0 Å². The zero-order chi connectivity index (χ0) is 19.5. The standard InChI is InChI=1S/C16H22ClF3N6.HI/c1-5-21-15(25(3)10-13-6-12(17)9-24(13)2)22-7-11-8-26(4)23-14(11)16(18,19)20;/h6,8-9H,5,7,10H2,1-4H3,(H,21,22);1H. The lowest BCUT2D eigenvalue weighted by atomic mass is 10.2. The van der Waals surface area contributed by atoms with Gasteiger partial charge in [-0.2, -0.15) is 18.3 Å². The molecule has 152 valence electrons. The summed E-state index contributed by atoms with van der Waals surface area (Å²) in [6, 6.07) is 1.84. The van der Waals surface area contributed by atoms with Crippen molar-refractivity contribution in [3.05, 3.63) is 40.4 Å². The van der Waals surface area contributed by atoms with E-state index in [1.807, 2.05) is 36.6 Å². The lowest BCUT2D eigenvalue weighted by molar-refractivity contribution is -0.142. The maximum absolute atomic E-state index is 13.1.